The van der Waals surface area contributed by atoms with Gasteiger partial charge in [0.05, 0.1) is 16.9 Å². The Hall–Kier alpha value is -0.540. The van der Waals surface area contributed by atoms with E-state index in [2.05, 4.69) is 25.9 Å². The topological polar surface area (TPSA) is 43.8 Å². The van der Waals surface area contributed by atoms with Crippen molar-refractivity contribution in [3.8, 4) is 0 Å². The van der Waals surface area contributed by atoms with Gasteiger partial charge in [-0.2, -0.15) is 5.10 Å². The van der Waals surface area contributed by atoms with E-state index >= 15 is 0 Å². The number of hydrogen-bond acceptors (Lipinski definition) is 2. The summed E-state index contributed by atoms with van der Waals surface area (Å²) in [4.78, 5) is 0. The molecule has 0 aromatic carbocycles. The molecular weight excluding hydrogens is 198 g/mol. The number of aromatic nitrogens is 2. The Kier molecular flexibility index (Phi) is 3.96. The monoisotopic (exact) mass is 215 g/mol. The molecule has 1 aromatic heterocycles. The maximum atomic E-state index is 6.10. The lowest BCUT2D eigenvalue weighted by Crippen LogP contribution is -2.19. The van der Waals surface area contributed by atoms with Crippen molar-refractivity contribution in [2.75, 3.05) is 6.54 Å². The standard InChI is InChI=1S/C10H18ClN3/c1-4-14-10(9(11)6-13-14)8(3)7(2)5-12/h6-8H,4-5,12H2,1-3H3. The van der Waals surface area contributed by atoms with Gasteiger partial charge in [0.1, 0.15) is 0 Å². The van der Waals surface area contributed by atoms with E-state index < -0.39 is 0 Å². The second-order valence-corrected chi connectivity index (χ2v) is 4.10. The molecule has 0 saturated carbocycles. The Bertz CT molecular complexity index is 296. The van der Waals surface area contributed by atoms with Crippen LogP contribution in [0.5, 0.6) is 0 Å². The van der Waals surface area contributed by atoms with E-state index in [-0.39, 0.29) is 0 Å². The van der Waals surface area contributed by atoms with E-state index in [1.807, 2.05) is 4.68 Å². The van der Waals surface area contributed by atoms with Gasteiger partial charge in [0.25, 0.3) is 0 Å². The molecule has 0 aliphatic heterocycles. The van der Waals surface area contributed by atoms with Gasteiger partial charge in [0.2, 0.25) is 0 Å². The highest BCUT2D eigenvalue weighted by molar-refractivity contribution is 6.31. The van der Waals surface area contributed by atoms with Gasteiger partial charge in [-0.1, -0.05) is 25.4 Å². The predicted molar refractivity (Wildman–Crippen MR) is 59.5 cm³/mol. The SMILES string of the molecule is CCn1ncc(Cl)c1C(C)C(C)CN. The van der Waals surface area contributed by atoms with Crippen LogP contribution in [0.15, 0.2) is 6.20 Å². The number of hydrogen-bond donors (Lipinski definition) is 1. The van der Waals surface area contributed by atoms with Gasteiger partial charge in [-0.25, -0.2) is 0 Å². The minimum Gasteiger partial charge on any atom is -0.330 e. The average molecular weight is 216 g/mol. The fraction of sp³-hybridized carbons (Fsp3) is 0.700. The van der Waals surface area contributed by atoms with Crippen molar-refractivity contribution < 1.29 is 0 Å². The largest absolute Gasteiger partial charge is 0.330 e. The summed E-state index contributed by atoms with van der Waals surface area (Å²) in [5, 5.41) is 4.97. The zero-order valence-corrected chi connectivity index (χ0v) is 9.75. The molecule has 4 heteroatoms. The first-order valence-corrected chi connectivity index (χ1v) is 5.40. The number of nitrogens with zero attached hydrogens (tertiary/aromatic N) is 2. The summed E-state index contributed by atoms with van der Waals surface area (Å²) < 4.78 is 1.94. The summed E-state index contributed by atoms with van der Waals surface area (Å²) >= 11 is 6.10. The molecule has 0 spiro atoms. The molecule has 0 aliphatic rings. The van der Waals surface area contributed by atoms with Crippen LogP contribution in [0.2, 0.25) is 5.02 Å². The van der Waals surface area contributed by atoms with Crippen LogP contribution in [-0.2, 0) is 6.54 Å². The molecule has 2 atom stereocenters. The Morgan fingerprint density at radius 2 is 2.21 bits per heavy atom. The van der Waals surface area contributed by atoms with Crippen molar-refractivity contribution in [3.63, 3.8) is 0 Å². The summed E-state index contributed by atoms with van der Waals surface area (Å²) in [5.74, 6) is 0.782. The van der Waals surface area contributed by atoms with Crippen molar-refractivity contribution in [3.05, 3.63) is 16.9 Å². The van der Waals surface area contributed by atoms with Gasteiger partial charge in [0.15, 0.2) is 0 Å². The summed E-state index contributed by atoms with van der Waals surface area (Å²) in [6, 6.07) is 0. The molecule has 2 unspecified atom stereocenters. The molecule has 14 heavy (non-hydrogen) atoms. The van der Waals surface area contributed by atoms with E-state index in [1.165, 1.54) is 0 Å². The van der Waals surface area contributed by atoms with Crippen LogP contribution >= 0.6 is 11.6 Å². The van der Waals surface area contributed by atoms with Crippen LogP contribution in [0.3, 0.4) is 0 Å². The smallest absolute Gasteiger partial charge is 0.0820 e. The zero-order valence-electron chi connectivity index (χ0n) is 9.00. The fourth-order valence-corrected chi connectivity index (χ4v) is 1.86. The molecule has 1 heterocycles. The lowest BCUT2D eigenvalue weighted by molar-refractivity contribution is 0.460. The maximum absolute atomic E-state index is 6.10. The lowest BCUT2D eigenvalue weighted by atomic mass is 9.93. The Morgan fingerprint density at radius 1 is 1.57 bits per heavy atom. The highest BCUT2D eigenvalue weighted by Crippen LogP contribution is 2.29. The molecule has 3 nitrogen and oxygen atoms in total. The quantitative estimate of drug-likeness (QED) is 0.838. The summed E-state index contributed by atoms with van der Waals surface area (Å²) in [6.07, 6.45) is 1.71. The third-order valence-corrected chi connectivity index (χ3v) is 3.08. The first kappa shape index (κ1) is 11.5. The van der Waals surface area contributed by atoms with Crippen molar-refractivity contribution >= 4 is 11.6 Å². The first-order valence-electron chi connectivity index (χ1n) is 5.03. The predicted octanol–water partition coefficient (Wildman–Crippen LogP) is 2.25. The zero-order chi connectivity index (χ0) is 10.7. The van der Waals surface area contributed by atoms with Crippen LogP contribution in [0, 0.1) is 5.92 Å². The second kappa shape index (κ2) is 4.80. The van der Waals surface area contributed by atoms with Crippen LogP contribution < -0.4 is 5.73 Å². The molecule has 80 valence electrons. The van der Waals surface area contributed by atoms with E-state index in [0.29, 0.717) is 18.4 Å². The van der Waals surface area contributed by atoms with E-state index in [1.54, 1.807) is 6.20 Å². The van der Waals surface area contributed by atoms with E-state index in [0.717, 1.165) is 17.3 Å². The van der Waals surface area contributed by atoms with Crippen LogP contribution in [-0.4, -0.2) is 16.3 Å². The molecular formula is C10H18ClN3. The van der Waals surface area contributed by atoms with Crippen molar-refractivity contribution in [1.82, 2.24) is 9.78 Å². The highest BCUT2D eigenvalue weighted by atomic mass is 35.5. The van der Waals surface area contributed by atoms with Crippen LogP contribution in [0.1, 0.15) is 32.4 Å². The first-order chi connectivity index (χ1) is 6.61. The molecule has 0 amide bonds. The Morgan fingerprint density at radius 3 is 2.71 bits per heavy atom. The Labute approximate surface area is 90.2 Å². The number of rotatable bonds is 4. The van der Waals surface area contributed by atoms with E-state index in [4.69, 9.17) is 17.3 Å². The van der Waals surface area contributed by atoms with Crippen molar-refractivity contribution in [2.24, 2.45) is 11.7 Å². The molecule has 2 N–H and O–H groups in total. The third kappa shape index (κ3) is 2.10. The van der Waals surface area contributed by atoms with Gasteiger partial charge in [-0.15, -0.1) is 0 Å². The summed E-state index contributed by atoms with van der Waals surface area (Å²) in [5.41, 5.74) is 6.75. The minimum absolute atomic E-state index is 0.356. The van der Waals surface area contributed by atoms with Crippen molar-refractivity contribution in [2.45, 2.75) is 33.2 Å². The van der Waals surface area contributed by atoms with Crippen molar-refractivity contribution in [1.29, 1.82) is 0 Å². The second-order valence-electron chi connectivity index (χ2n) is 3.70. The van der Waals surface area contributed by atoms with Crippen LogP contribution in [0.25, 0.3) is 0 Å². The van der Waals surface area contributed by atoms with Crippen LogP contribution in [0.4, 0.5) is 0 Å². The molecule has 0 fully saturated rings. The van der Waals surface area contributed by atoms with Gasteiger partial charge in [-0.3, -0.25) is 4.68 Å². The molecule has 0 aliphatic carbocycles. The number of aryl methyl sites for hydroxylation is 1. The van der Waals surface area contributed by atoms with Gasteiger partial charge in [0, 0.05) is 12.5 Å². The molecule has 0 saturated heterocycles. The highest BCUT2D eigenvalue weighted by Gasteiger charge is 2.20. The maximum Gasteiger partial charge on any atom is 0.0820 e. The normalized spacial score (nSPS) is 15.5. The fourth-order valence-electron chi connectivity index (χ4n) is 1.55. The van der Waals surface area contributed by atoms with Gasteiger partial charge in [-0.05, 0) is 19.4 Å². The average Bonchev–Trinajstić information content (AvgIpc) is 2.57. The van der Waals surface area contributed by atoms with Gasteiger partial charge >= 0.3 is 0 Å². The molecule has 1 rings (SSSR count). The number of nitrogens with two attached hydrogens (primary N) is 1. The number of halogens is 1. The van der Waals surface area contributed by atoms with Gasteiger partial charge < -0.3 is 5.73 Å². The molecule has 0 radical (unpaired) electrons. The summed E-state index contributed by atoms with van der Waals surface area (Å²) in [6.45, 7) is 7.86. The minimum atomic E-state index is 0.356. The molecule has 0 bridgehead atoms. The third-order valence-electron chi connectivity index (χ3n) is 2.79. The van der Waals surface area contributed by atoms with E-state index in [9.17, 15) is 0 Å². The lowest BCUT2D eigenvalue weighted by Gasteiger charge is -2.19. The molecule has 1 aromatic rings. The Balaban J connectivity index is 2.97. The summed E-state index contributed by atoms with van der Waals surface area (Å²) in [7, 11) is 0.